The van der Waals surface area contributed by atoms with Gasteiger partial charge in [-0.25, -0.2) is 4.79 Å². The van der Waals surface area contributed by atoms with Crippen molar-refractivity contribution in [3.63, 3.8) is 0 Å². The highest BCUT2D eigenvalue weighted by Gasteiger charge is 2.57. The number of aliphatic hydroxyl groups excluding tert-OH is 21. The van der Waals surface area contributed by atoms with Gasteiger partial charge in [-0.2, -0.15) is 0 Å². The predicted octanol–water partition coefficient (Wildman–Crippen LogP) is -2.41. The molecule has 0 aromatic heterocycles. The third kappa shape index (κ3) is 27.5. The van der Waals surface area contributed by atoms with E-state index in [0.29, 0.717) is 77.0 Å². The molecule has 0 bridgehead atoms. The third-order valence-corrected chi connectivity index (χ3v) is 22.9. The summed E-state index contributed by atoms with van der Waals surface area (Å²) in [6.07, 6.45) is -34.5. The van der Waals surface area contributed by atoms with Gasteiger partial charge in [0.15, 0.2) is 50.1 Å². The van der Waals surface area contributed by atoms with Crippen molar-refractivity contribution < 1.29 is 183 Å². The van der Waals surface area contributed by atoms with Crippen LogP contribution in [-0.4, -0.2) is 379 Å². The average Bonchev–Trinajstić information content (AvgIpc) is 0.786. The fourth-order valence-corrected chi connectivity index (χ4v) is 14.6. The van der Waals surface area contributed by atoms with Gasteiger partial charge in [0.1, 0.15) is 153 Å². The van der Waals surface area contributed by atoms with Crippen molar-refractivity contribution in [2.75, 3.05) is 39.6 Å². The van der Waals surface area contributed by atoms with Crippen LogP contribution in [0.5, 0.6) is 0 Å². The Morgan fingerprint density at radius 3 is 1.08 bits per heavy atom. The van der Waals surface area contributed by atoms with Crippen molar-refractivity contribution in [2.24, 2.45) is 0 Å². The molecule has 7 aliphatic heterocycles. The molecule has 0 aliphatic carbocycles. The quantitative estimate of drug-likeness (QED) is 0.0172. The van der Waals surface area contributed by atoms with E-state index in [9.17, 15) is 112 Å². The van der Waals surface area contributed by atoms with Gasteiger partial charge in [-0.15, -0.1) is 13.2 Å². The smallest absolute Gasteiger partial charge is 0.333 e. The van der Waals surface area contributed by atoms with Crippen molar-refractivity contribution >= 4 is 5.97 Å². The number of aliphatic hydroxyl groups is 21. The van der Waals surface area contributed by atoms with Crippen LogP contribution in [0.2, 0.25) is 0 Å². The molecule has 37 heteroatoms. The van der Waals surface area contributed by atoms with Crippen molar-refractivity contribution in [3.8, 4) is 0 Å². The van der Waals surface area contributed by atoms with Gasteiger partial charge >= 0.3 is 5.97 Å². The van der Waals surface area contributed by atoms with Crippen molar-refractivity contribution in [1.82, 2.24) is 0 Å². The van der Waals surface area contributed by atoms with Crippen LogP contribution in [0.25, 0.3) is 0 Å². The van der Waals surface area contributed by atoms with Crippen LogP contribution < -0.4 is 0 Å². The van der Waals surface area contributed by atoms with E-state index in [2.05, 4.69) is 25.3 Å². The zero-order valence-electron chi connectivity index (χ0n) is 69.4. The Kier molecular flexibility index (Phi) is 40.8. The lowest BCUT2D eigenvalue weighted by molar-refractivity contribution is -0.375. The van der Waals surface area contributed by atoms with Gasteiger partial charge in [0.2, 0.25) is 0 Å². The summed E-state index contributed by atoms with van der Waals surface area (Å²) < 4.78 is 88.5. The maximum atomic E-state index is 13.7. The Bertz CT molecular complexity index is 3300. The van der Waals surface area contributed by atoms with E-state index in [1.54, 1.807) is 26.8 Å². The van der Waals surface area contributed by atoms with Crippen LogP contribution in [0.4, 0.5) is 0 Å². The third-order valence-electron chi connectivity index (χ3n) is 22.9. The molecule has 37 nitrogen and oxygen atoms in total. The largest absolute Gasteiger partial charge is 0.453 e. The Morgan fingerprint density at radius 1 is 0.336 bits per heavy atom. The molecule has 0 amide bonds. The molecule has 684 valence electrons. The van der Waals surface area contributed by atoms with E-state index < -0.39 is 265 Å². The monoisotopic (exact) mass is 1710 g/mol. The van der Waals surface area contributed by atoms with E-state index in [1.807, 2.05) is 45.9 Å². The molecular weight excluding hydrogens is 1580 g/mol. The highest BCUT2D eigenvalue weighted by molar-refractivity contribution is 5.87. The summed E-state index contributed by atoms with van der Waals surface area (Å²) in [6.45, 7) is 21.8. The molecule has 119 heavy (non-hydrogen) atoms. The standard InChI is InChI=1S/C82H134O37/c1-13-81(11,118-79-71(61(96)56(91)49(35-85)111-79)116-76-65(100)59(94)54(89)47(33-83)109-76)31-19-28-41(5)23-15-21-39(3)25-17-27-43(7)37-105-75-67(102)63(98)69(51(113-75)38-106-74-64(99)58(93)52(87)45(9)107-74)115-78-68(103)70(53(88)46(10)108-78)114-73(104)44(8)30-18-26-40(4)22-16-24-42(6)29-20-32-82(12,14-2)119-80-72(62(97)57(92)50(36-86)112-80)117-77-66(101)60(95)55(90)48(34-84)110-77/h13-14,21-22,27-30,45-72,74-80,83-103H,1-2,15-20,23-26,31-38H2,3-12H3. The van der Waals surface area contributed by atoms with Gasteiger partial charge < -0.3 is 178 Å². The predicted molar refractivity (Wildman–Crippen MR) is 416 cm³/mol. The normalized spacial score (nSPS) is 41.1. The number of esters is 1. The van der Waals surface area contributed by atoms with Gasteiger partial charge in [0, 0.05) is 5.57 Å². The lowest BCUT2D eigenvalue weighted by atomic mass is 9.95. The molecule has 7 heterocycles. The Labute approximate surface area is 693 Å². The molecule has 0 aromatic rings. The van der Waals surface area contributed by atoms with E-state index >= 15 is 0 Å². The minimum absolute atomic E-state index is 0.0882. The molecule has 0 aromatic carbocycles. The van der Waals surface area contributed by atoms with E-state index in [-0.39, 0.29) is 12.2 Å². The summed E-state index contributed by atoms with van der Waals surface area (Å²) in [5, 5.41) is 224. The lowest BCUT2D eigenvalue weighted by Gasteiger charge is -2.47. The van der Waals surface area contributed by atoms with Crippen LogP contribution in [0.15, 0.2) is 95.2 Å². The zero-order chi connectivity index (χ0) is 88.2. The molecule has 7 aliphatic rings. The second-order valence-electron chi connectivity index (χ2n) is 32.7. The minimum atomic E-state index is -1.90. The Balaban J connectivity index is 0.881. The highest BCUT2D eigenvalue weighted by Crippen LogP contribution is 2.39. The van der Waals surface area contributed by atoms with Gasteiger partial charge in [-0.3, -0.25) is 0 Å². The van der Waals surface area contributed by atoms with Crippen LogP contribution in [0.1, 0.15) is 146 Å². The minimum Gasteiger partial charge on any atom is -0.453 e. The molecule has 37 atom stereocenters. The van der Waals surface area contributed by atoms with E-state index in [1.165, 1.54) is 32.9 Å². The Morgan fingerprint density at radius 2 is 0.655 bits per heavy atom. The van der Waals surface area contributed by atoms with E-state index in [0.717, 1.165) is 27.9 Å². The van der Waals surface area contributed by atoms with Crippen LogP contribution in [0, 0.1) is 0 Å². The second kappa shape index (κ2) is 47.5. The van der Waals surface area contributed by atoms with Crippen molar-refractivity contribution in [1.29, 1.82) is 0 Å². The number of rotatable bonds is 42. The summed E-state index contributed by atoms with van der Waals surface area (Å²) in [6, 6.07) is 0. The SMILES string of the molecule is C=CC(C)(CCC=C(C)CCC=C(C)CCC=C(C)COC1OC(COC2OC(C)C(O)C(O)C2O)C(OC2OC(C)C(O)C(OC(=O)C(C)=CCCC(C)=CCCC(C)=CCCC(C)(C=C)OC3OC(CO)C(O)C(O)C3OC3OC(CO)C(O)C(O)C3O)C2O)C(O)C1O)OC1OC(CO)C(O)C(O)C1OC1OC(CO)C(O)C(O)C1O. The highest BCUT2D eigenvalue weighted by atomic mass is 16.8. The van der Waals surface area contributed by atoms with Gasteiger partial charge in [0.25, 0.3) is 0 Å². The first-order valence-electron chi connectivity index (χ1n) is 40.8. The molecule has 7 saturated heterocycles. The first-order valence-corrected chi connectivity index (χ1v) is 40.8. The number of ether oxygens (including phenoxy) is 15. The summed E-state index contributed by atoms with van der Waals surface area (Å²) >= 11 is 0. The molecule has 0 radical (unpaired) electrons. The molecule has 21 N–H and O–H groups in total. The second-order valence-corrected chi connectivity index (χ2v) is 32.7. The average molecular weight is 1710 g/mol. The number of allylic oxidation sites excluding steroid dienone is 10. The zero-order valence-corrected chi connectivity index (χ0v) is 69.4. The van der Waals surface area contributed by atoms with Gasteiger partial charge in [-0.05, 0) is 146 Å². The Hall–Kier alpha value is -4.01. The number of carbonyl (C=O) groups excluding carboxylic acids is 1. The lowest BCUT2D eigenvalue weighted by Crippen LogP contribution is -2.65. The fraction of sp³-hybridized carbons (Fsp3) is 0.793. The van der Waals surface area contributed by atoms with Gasteiger partial charge in [-0.1, -0.05) is 76.5 Å². The maximum absolute atomic E-state index is 13.7. The van der Waals surface area contributed by atoms with E-state index in [4.69, 9.17) is 71.1 Å². The van der Waals surface area contributed by atoms with Crippen molar-refractivity contribution in [3.05, 3.63) is 95.2 Å². The number of carbonyl (C=O) groups is 1. The van der Waals surface area contributed by atoms with Crippen LogP contribution in [-0.2, 0) is 75.8 Å². The number of hydrogen-bond acceptors (Lipinski definition) is 37. The maximum Gasteiger partial charge on any atom is 0.333 e. The molecule has 7 rings (SSSR count). The first-order chi connectivity index (χ1) is 56.2. The molecule has 37 unspecified atom stereocenters. The summed E-state index contributed by atoms with van der Waals surface area (Å²) in [5.41, 5.74) is 2.82. The molecule has 0 spiro atoms. The van der Waals surface area contributed by atoms with Crippen molar-refractivity contribution in [2.45, 2.75) is 372 Å². The topological polar surface area (TPSA) is 580 Å². The van der Waals surface area contributed by atoms with Crippen LogP contribution >= 0.6 is 0 Å². The first kappa shape index (κ1) is 102. The number of hydrogen-bond donors (Lipinski definition) is 21. The summed E-state index contributed by atoms with van der Waals surface area (Å²) in [5.74, 6) is -0.873. The fourth-order valence-electron chi connectivity index (χ4n) is 14.6. The summed E-state index contributed by atoms with van der Waals surface area (Å²) in [4.78, 5) is 13.7. The molecular formula is C82H134O37. The van der Waals surface area contributed by atoms with Gasteiger partial charge in [0.05, 0.1) is 63.1 Å². The van der Waals surface area contributed by atoms with Crippen LogP contribution in [0.3, 0.4) is 0 Å². The molecule has 7 fully saturated rings. The summed E-state index contributed by atoms with van der Waals surface area (Å²) in [7, 11) is 0. The molecule has 0 saturated carbocycles.